The molecule has 9 heteroatoms. The lowest BCUT2D eigenvalue weighted by Crippen LogP contribution is -2.40. The van der Waals surface area contributed by atoms with Crippen LogP contribution >= 0.6 is 0 Å². The maximum Gasteiger partial charge on any atom is 0.307 e. The highest BCUT2D eigenvalue weighted by molar-refractivity contribution is 5.95. The first kappa shape index (κ1) is 21.4. The van der Waals surface area contributed by atoms with E-state index in [0.717, 1.165) is 5.56 Å². The van der Waals surface area contributed by atoms with Crippen molar-refractivity contribution in [2.45, 2.75) is 19.1 Å². The standard InChI is InChI=1S/C21H24N4O5/c1-29-20(27)7-11-24-12-17(30-15-16-5-9-22-10-6-16)13-25(14-19(24)26)21(28)18-4-2-3-8-23-18/h2-6,8-10,17H,7,11-15H2,1H3/t17-/m1/s1. The molecule has 0 radical (unpaired) electrons. The van der Waals surface area contributed by atoms with Crippen LogP contribution in [0.15, 0.2) is 48.9 Å². The van der Waals surface area contributed by atoms with Crippen molar-refractivity contribution in [1.82, 2.24) is 19.8 Å². The van der Waals surface area contributed by atoms with Crippen LogP contribution in [0.5, 0.6) is 0 Å². The smallest absolute Gasteiger partial charge is 0.307 e. The number of nitrogens with zero attached hydrogens (tertiary/aromatic N) is 4. The topological polar surface area (TPSA) is 102 Å². The molecular formula is C21H24N4O5. The molecule has 3 heterocycles. The highest BCUT2D eigenvalue weighted by atomic mass is 16.5. The minimum atomic E-state index is -0.421. The lowest BCUT2D eigenvalue weighted by molar-refractivity contribution is -0.142. The highest BCUT2D eigenvalue weighted by Gasteiger charge is 2.32. The summed E-state index contributed by atoms with van der Waals surface area (Å²) in [5, 5.41) is 0. The van der Waals surface area contributed by atoms with Crippen LogP contribution in [0.4, 0.5) is 0 Å². The molecule has 0 aromatic carbocycles. The molecule has 0 aliphatic carbocycles. The molecule has 3 rings (SSSR count). The molecular weight excluding hydrogens is 388 g/mol. The molecule has 1 aliphatic heterocycles. The SMILES string of the molecule is COC(=O)CCN1C[C@@H](OCc2ccncc2)CN(C(=O)c2ccccn2)CC1=O. The molecule has 0 saturated carbocycles. The third-order valence-corrected chi connectivity index (χ3v) is 4.75. The molecule has 158 valence electrons. The summed E-state index contributed by atoms with van der Waals surface area (Å²) in [5.41, 5.74) is 1.20. The van der Waals surface area contributed by atoms with Crippen molar-refractivity contribution in [3.05, 3.63) is 60.2 Å². The second-order valence-corrected chi connectivity index (χ2v) is 6.86. The quantitative estimate of drug-likeness (QED) is 0.623. The molecule has 9 nitrogen and oxygen atoms in total. The van der Waals surface area contributed by atoms with Gasteiger partial charge in [-0.3, -0.25) is 24.4 Å². The van der Waals surface area contributed by atoms with Crippen LogP contribution in [0.2, 0.25) is 0 Å². The van der Waals surface area contributed by atoms with Gasteiger partial charge in [0.1, 0.15) is 12.2 Å². The van der Waals surface area contributed by atoms with Gasteiger partial charge in [0.05, 0.1) is 26.2 Å². The van der Waals surface area contributed by atoms with Gasteiger partial charge in [-0.25, -0.2) is 0 Å². The second-order valence-electron chi connectivity index (χ2n) is 6.86. The molecule has 0 spiro atoms. The Morgan fingerprint density at radius 3 is 2.63 bits per heavy atom. The van der Waals surface area contributed by atoms with Crippen molar-refractivity contribution >= 4 is 17.8 Å². The summed E-state index contributed by atoms with van der Waals surface area (Å²) in [6.07, 6.45) is 4.54. The number of carbonyl (C=O) groups is 3. The number of rotatable bonds is 7. The van der Waals surface area contributed by atoms with Crippen molar-refractivity contribution in [3.8, 4) is 0 Å². The van der Waals surface area contributed by atoms with Crippen molar-refractivity contribution < 1.29 is 23.9 Å². The predicted molar refractivity (Wildman–Crippen MR) is 106 cm³/mol. The predicted octanol–water partition coefficient (Wildman–Crippen LogP) is 0.909. The molecule has 1 aliphatic rings. The molecule has 1 saturated heterocycles. The summed E-state index contributed by atoms with van der Waals surface area (Å²) in [7, 11) is 1.31. The van der Waals surface area contributed by atoms with Gasteiger partial charge in [-0.15, -0.1) is 0 Å². The third-order valence-electron chi connectivity index (χ3n) is 4.75. The van der Waals surface area contributed by atoms with Gasteiger partial charge in [-0.2, -0.15) is 0 Å². The summed E-state index contributed by atoms with van der Waals surface area (Å²) < 4.78 is 10.7. The van der Waals surface area contributed by atoms with E-state index in [-0.39, 0.29) is 50.1 Å². The van der Waals surface area contributed by atoms with Crippen LogP contribution in [0.3, 0.4) is 0 Å². The van der Waals surface area contributed by atoms with Crippen molar-refractivity contribution in [2.75, 3.05) is 33.3 Å². The number of hydrogen-bond donors (Lipinski definition) is 0. The lowest BCUT2D eigenvalue weighted by atomic mass is 10.2. The minimum absolute atomic E-state index is 0.0769. The van der Waals surface area contributed by atoms with Crippen LogP contribution in [0, 0.1) is 0 Å². The summed E-state index contributed by atoms with van der Waals surface area (Å²) in [6.45, 7) is 0.920. The summed E-state index contributed by atoms with van der Waals surface area (Å²) in [6, 6.07) is 8.74. The first-order chi connectivity index (χ1) is 14.6. The number of ether oxygens (including phenoxy) is 2. The lowest BCUT2D eigenvalue weighted by Gasteiger charge is -2.24. The van der Waals surface area contributed by atoms with Gasteiger partial charge in [-0.1, -0.05) is 6.07 Å². The number of hydrogen-bond acceptors (Lipinski definition) is 7. The van der Waals surface area contributed by atoms with Gasteiger partial charge in [0.2, 0.25) is 5.91 Å². The van der Waals surface area contributed by atoms with E-state index in [2.05, 4.69) is 14.7 Å². The van der Waals surface area contributed by atoms with Gasteiger partial charge in [0.15, 0.2) is 0 Å². The molecule has 0 bridgehead atoms. The third kappa shape index (κ3) is 5.84. The largest absolute Gasteiger partial charge is 0.469 e. The number of methoxy groups -OCH3 is 1. The van der Waals surface area contributed by atoms with E-state index < -0.39 is 12.1 Å². The number of esters is 1. The second kappa shape index (κ2) is 10.4. The molecule has 1 fully saturated rings. The fraction of sp³-hybridized carbons (Fsp3) is 0.381. The van der Waals surface area contributed by atoms with Crippen LogP contribution in [-0.2, 0) is 25.7 Å². The van der Waals surface area contributed by atoms with E-state index in [1.807, 2.05) is 12.1 Å². The zero-order chi connectivity index (χ0) is 21.3. The van der Waals surface area contributed by atoms with Gasteiger partial charge < -0.3 is 19.3 Å². The summed E-state index contributed by atoms with van der Waals surface area (Å²) >= 11 is 0. The molecule has 2 aromatic heterocycles. The Labute approximate surface area is 174 Å². The van der Waals surface area contributed by atoms with E-state index in [4.69, 9.17) is 4.74 Å². The van der Waals surface area contributed by atoms with E-state index in [1.54, 1.807) is 35.5 Å². The molecule has 1 atom stereocenters. The molecule has 2 aromatic rings. The maximum atomic E-state index is 12.9. The minimum Gasteiger partial charge on any atom is -0.469 e. The Hall–Kier alpha value is -3.33. The zero-order valence-corrected chi connectivity index (χ0v) is 16.8. The van der Waals surface area contributed by atoms with E-state index in [9.17, 15) is 14.4 Å². The van der Waals surface area contributed by atoms with Crippen LogP contribution in [0.25, 0.3) is 0 Å². The van der Waals surface area contributed by atoms with E-state index >= 15 is 0 Å². The van der Waals surface area contributed by atoms with Gasteiger partial charge in [0, 0.05) is 38.2 Å². The zero-order valence-electron chi connectivity index (χ0n) is 16.8. The van der Waals surface area contributed by atoms with Crippen molar-refractivity contribution in [1.29, 1.82) is 0 Å². The van der Waals surface area contributed by atoms with Crippen LogP contribution in [-0.4, -0.2) is 76.9 Å². The maximum absolute atomic E-state index is 12.9. The highest BCUT2D eigenvalue weighted by Crippen LogP contribution is 2.14. The van der Waals surface area contributed by atoms with Crippen LogP contribution in [0.1, 0.15) is 22.5 Å². The Bertz CT molecular complexity index is 862. The van der Waals surface area contributed by atoms with E-state index in [0.29, 0.717) is 6.61 Å². The fourth-order valence-electron chi connectivity index (χ4n) is 3.13. The van der Waals surface area contributed by atoms with Gasteiger partial charge >= 0.3 is 5.97 Å². The number of amides is 2. The van der Waals surface area contributed by atoms with Gasteiger partial charge in [0.25, 0.3) is 5.91 Å². The molecule has 0 N–H and O–H groups in total. The molecule has 30 heavy (non-hydrogen) atoms. The van der Waals surface area contributed by atoms with Crippen molar-refractivity contribution in [2.24, 2.45) is 0 Å². The van der Waals surface area contributed by atoms with E-state index in [1.165, 1.54) is 18.2 Å². The monoisotopic (exact) mass is 412 g/mol. The Morgan fingerprint density at radius 2 is 1.93 bits per heavy atom. The normalized spacial score (nSPS) is 16.8. The first-order valence-electron chi connectivity index (χ1n) is 9.62. The number of aromatic nitrogens is 2. The number of pyridine rings is 2. The average Bonchev–Trinajstić information content (AvgIpc) is 2.95. The average molecular weight is 412 g/mol. The van der Waals surface area contributed by atoms with Gasteiger partial charge in [-0.05, 0) is 29.8 Å². The Morgan fingerprint density at radius 1 is 1.13 bits per heavy atom. The fourth-order valence-corrected chi connectivity index (χ4v) is 3.13. The molecule has 2 amide bonds. The summed E-state index contributed by atoms with van der Waals surface area (Å²) in [5.74, 6) is -0.989. The molecule has 0 unspecified atom stereocenters. The Balaban J connectivity index is 1.74. The van der Waals surface area contributed by atoms with Crippen LogP contribution < -0.4 is 0 Å². The summed E-state index contributed by atoms with van der Waals surface area (Å²) in [4.78, 5) is 48.3. The number of carbonyl (C=O) groups excluding carboxylic acids is 3. The Kier molecular flexibility index (Phi) is 7.45. The van der Waals surface area contributed by atoms with Crippen molar-refractivity contribution in [3.63, 3.8) is 0 Å². The first-order valence-corrected chi connectivity index (χ1v) is 9.62.